The summed E-state index contributed by atoms with van der Waals surface area (Å²) in [5.41, 5.74) is 1.20. The molecule has 2 heterocycles. The molecule has 0 bridgehead atoms. The largest absolute Gasteiger partial charge is 0.387 e. The van der Waals surface area contributed by atoms with Crippen LogP contribution in [0.4, 0.5) is 0 Å². The van der Waals surface area contributed by atoms with Crippen LogP contribution in [0.3, 0.4) is 0 Å². The van der Waals surface area contributed by atoms with Gasteiger partial charge in [-0.15, -0.1) is 6.58 Å². The maximum absolute atomic E-state index is 12.0. The number of hydrogen-bond donors (Lipinski definition) is 1. The number of hydrogen-bond acceptors (Lipinski definition) is 3. The van der Waals surface area contributed by atoms with Gasteiger partial charge in [-0.05, 0) is 12.0 Å². The number of carbonyl (C=O) groups is 1. The first-order chi connectivity index (χ1) is 9.22. The number of nitrogens with zero attached hydrogens (tertiary/aromatic N) is 2. The molecule has 4 heteroatoms. The van der Waals surface area contributed by atoms with Crippen LogP contribution >= 0.6 is 0 Å². The third-order valence-corrected chi connectivity index (χ3v) is 4.05. The number of aliphatic hydroxyl groups excluding tert-OH is 1. The lowest BCUT2D eigenvalue weighted by Gasteiger charge is -2.28. The van der Waals surface area contributed by atoms with Gasteiger partial charge in [0, 0.05) is 13.0 Å². The second kappa shape index (κ2) is 4.79. The average Bonchev–Trinajstić information content (AvgIpc) is 3.00. The van der Waals surface area contributed by atoms with Crippen LogP contribution in [-0.2, 0) is 4.79 Å². The number of benzene rings is 1. The molecular formula is C15H18N2O2. The minimum atomic E-state index is -0.668. The van der Waals surface area contributed by atoms with Crippen molar-refractivity contribution in [2.24, 2.45) is 0 Å². The zero-order chi connectivity index (χ0) is 13.4. The van der Waals surface area contributed by atoms with E-state index in [1.165, 1.54) is 11.6 Å². The van der Waals surface area contributed by atoms with Crippen molar-refractivity contribution in [2.75, 3.05) is 6.54 Å². The van der Waals surface area contributed by atoms with Crippen LogP contribution in [0.5, 0.6) is 0 Å². The summed E-state index contributed by atoms with van der Waals surface area (Å²) < 4.78 is 0. The normalized spacial score (nSPS) is 28.5. The molecule has 3 rings (SSSR count). The molecule has 2 saturated heterocycles. The van der Waals surface area contributed by atoms with Gasteiger partial charge in [0.15, 0.2) is 0 Å². The summed E-state index contributed by atoms with van der Waals surface area (Å²) in [4.78, 5) is 12.0. The molecule has 0 saturated carbocycles. The van der Waals surface area contributed by atoms with Crippen LogP contribution < -0.4 is 0 Å². The number of aliphatic hydroxyl groups is 1. The number of rotatable bonds is 3. The summed E-state index contributed by atoms with van der Waals surface area (Å²) >= 11 is 0. The lowest BCUT2D eigenvalue weighted by atomic mass is 9.98. The highest BCUT2D eigenvalue weighted by Crippen LogP contribution is 2.40. The Morgan fingerprint density at radius 3 is 2.79 bits per heavy atom. The molecule has 100 valence electrons. The molecule has 0 aliphatic carbocycles. The van der Waals surface area contributed by atoms with Crippen LogP contribution in [0.1, 0.15) is 24.4 Å². The predicted molar refractivity (Wildman–Crippen MR) is 72.0 cm³/mol. The van der Waals surface area contributed by atoms with E-state index in [9.17, 15) is 9.90 Å². The molecule has 1 amide bonds. The fourth-order valence-corrected chi connectivity index (χ4v) is 3.13. The maximum Gasteiger partial charge on any atom is 0.238 e. The van der Waals surface area contributed by atoms with Crippen LogP contribution in [0.2, 0.25) is 0 Å². The first kappa shape index (κ1) is 12.4. The fourth-order valence-electron chi connectivity index (χ4n) is 3.13. The lowest BCUT2D eigenvalue weighted by Crippen LogP contribution is -2.43. The number of fused-ring (bicyclic) bond motifs is 1. The van der Waals surface area contributed by atoms with Crippen LogP contribution in [0.15, 0.2) is 43.0 Å². The number of hydrazine groups is 1. The molecule has 19 heavy (non-hydrogen) atoms. The van der Waals surface area contributed by atoms with Crippen molar-refractivity contribution in [1.82, 2.24) is 10.0 Å². The van der Waals surface area contributed by atoms with Gasteiger partial charge in [0.25, 0.3) is 0 Å². The third kappa shape index (κ3) is 1.97. The summed E-state index contributed by atoms with van der Waals surface area (Å²) in [6, 6.07) is 10.2. The summed E-state index contributed by atoms with van der Waals surface area (Å²) in [6.45, 7) is 4.37. The van der Waals surface area contributed by atoms with E-state index < -0.39 is 6.10 Å². The van der Waals surface area contributed by atoms with Gasteiger partial charge < -0.3 is 5.11 Å². The van der Waals surface area contributed by atoms with Gasteiger partial charge in [-0.2, -0.15) is 0 Å². The van der Waals surface area contributed by atoms with Crippen molar-refractivity contribution in [2.45, 2.75) is 31.0 Å². The van der Waals surface area contributed by atoms with E-state index in [2.05, 4.69) is 23.7 Å². The monoisotopic (exact) mass is 258 g/mol. The second-order valence-electron chi connectivity index (χ2n) is 5.11. The molecule has 2 fully saturated rings. The molecule has 2 aliphatic heterocycles. The topological polar surface area (TPSA) is 43.8 Å². The molecule has 0 radical (unpaired) electrons. The Morgan fingerprint density at radius 1 is 1.37 bits per heavy atom. The molecule has 0 aromatic heterocycles. The summed E-state index contributed by atoms with van der Waals surface area (Å²) in [6.07, 6.45) is 2.13. The molecule has 1 N–H and O–H groups in total. The van der Waals surface area contributed by atoms with Crippen molar-refractivity contribution in [3.63, 3.8) is 0 Å². The van der Waals surface area contributed by atoms with Gasteiger partial charge in [0.2, 0.25) is 5.91 Å². The van der Waals surface area contributed by atoms with Gasteiger partial charge in [-0.3, -0.25) is 9.80 Å². The minimum absolute atomic E-state index is 0.101. The number of amides is 1. The van der Waals surface area contributed by atoms with E-state index in [4.69, 9.17) is 0 Å². The smallest absolute Gasteiger partial charge is 0.238 e. The summed E-state index contributed by atoms with van der Waals surface area (Å²) in [5, 5.41) is 13.9. The van der Waals surface area contributed by atoms with Crippen molar-refractivity contribution in [3.05, 3.63) is 48.6 Å². The Kier molecular flexibility index (Phi) is 3.12. The van der Waals surface area contributed by atoms with E-state index in [1.807, 2.05) is 18.2 Å². The summed E-state index contributed by atoms with van der Waals surface area (Å²) in [5.74, 6) is 0.101. The molecule has 4 nitrogen and oxygen atoms in total. The SMILES string of the molecule is C=C[C@@H](O)[C@H]1C[C@H](c2ccccc2)N2CCC(=O)N12. The van der Waals surface area contributed by atoms with E-state index in [0.717, 1.165) is 13.0 Å². The first-order valence-electron chi connectivity index (χ1n) is 6.66. The van der Waals surface area contributed by atoms with E-state index in [1.54, 1.807) is 5.01 Å². The number of carbonyl (C=O) groups excluding carboxylic acids is 1. The van der Waals surface area contributed by atoms with Gasteiger partial charge in [0.1, 0.15) is 0 Å². The van der Waals surface area contributed by atoms with Crippen LogP contribution in [-0.4, -0.2) is 39.7 Å². The van der Waals surface area contributed by atoms with Gasteiger partial charge in [-0.25, -0.2) is 5.01 Å². The minimum Gasteiger partial charge on any atom is -0.387 e. The Labute approximate surface area is 112 Å². The second-order valence-corrected chi connectivity index (χ2v) is 5.11. The first-order valence-corrected chi connectivity index (χ1v) is 6.66. The van der Waals surface area contributed by atoms with Gasteiger partial charge >= 0.3 is 0 Å². The highest BCUT2D eigenvalue weighted by atomic mass is 16.3. The van der Waals surface area contributed by atoms with Crippen LogP contribution in [0.25, 0.3) is 0 Å². The van der Waals surface area contributed by atoms with E-state index >= 15 is 0 Å². The standard InChI is InChI=1S/C15H18N2O2/c1-2-14(18)13-10-12(11-6-4-3-5-7-11)16-9-8-15(19)17(13)16/h2-7,12-14,18H,1,8-10H2/t12-,13-,14-/m1/s1. The average molecular weight is 258 g/mol. The molecule has 3 atom stereocenters. The third-order valence-electron chi connectivity index (χ3n) is 4.05. The Hall–Kier alpha value is -1.65. The fraction of sp³-hybridized carbons (Fsp3) is 0.400. The highest BCUT2D eigenvalue weighted by molar-refractivity contribution is 5.78. The van der Waals surface area contributed by atoms with Crippen molar-refractivity contribution >= 4 is 5.91 Å². The predicted octanol–water partition coefficient (Wildman–Crippen LogP) is 1.50. The van der Waals surface area contributed by atoms with Crippen molar-refractivity contribution < 1.29 is 9.90 Å². The molecular weight excluding hydrogens is 240 g/mol. The van der Waals surface area contributed by atoms with Crippen molar-refractivity contribution in [1.29, 1.82) is 0 Å². The zero-order valence-corrected chi connectivity index (χ0v) is 10.8. The van der Waals surface area contributed by atoms with Crippen LogP contribution in [0, 0.1) is 0 Å². The highest BCUT2D eigenvalue weighted by Gasteiger charge is 2.48. The quantitative estimate of drug-likeness (QED) is 0.836. The summed E-state index contributed by atoms with van der Waals surface area (Å²) in [7, 11) is 0. The molecule has 1 aromatic carbocycles. The Balaban J connectivity index is 1.92. The molecule has 0 spiro atoms. The Morgan fingerprint density at radius 2 is 2.11 bits per heavy atom. The lowest BCUT2D eigenvalue weighted by molar-refractivity contribution is -0.141. The molecule has 0 unspecified atom stereocenters. The van der Waals surface area contributed by atoms with E-state index in [-0.39, 0.29) is 18.0 Å². The van der Waals surface area contributed by atoms with Gasteiger partial charge in [0.05, 0.1) is 18.2 Å². The maximum atomic E-state index is 12.0. The van der Waals surface area contributed by atoms with Crippen molar-refractivity contribution in [3.8, 4) is 0 Å². The molecule has 2 aliphatic rings. The molecule has 1 aromatic rings. The van der Waals surface area contributed by atoms with E-state index in [0.29, 0.717) is 6.42 Å². The zero-order valence-electron chi connectivity index (χ0n) is 10.8. The Bertz CT molecular complexity index is 488. The van der Waals surface area contributed by atoms with Gasteiger partial charge in [-0.1, -0.05) is 36.4 Å².